The summed E-state index contributed by atoms with van der Waals surface area (Å²) in [6.07, 6.45) is 31.8. The molecule has 6 N–H and O–H groups in total. The van der Waals surface area contributed by atoms with Gasteiger partial charge in [-0.15, -0.1) is 0 Å². The summed E-state index contributed by atoms with van der Waals surface area (Å²) in [5.74, 6) is -1.23. The number of carbonyl (C=O) groups is 3. The molecule has 14 nitrogen and oxygen atoms in total. The van der Waals surface area contributed by atoms with Crippen molar-refractivity contribution in [2.24, 2.45) is 0 Å². The third kappa shape index (κ3) is 30.0. The molecule has 1 rings (SSSR count). The van der Waals surface area contributed by atoms with Gasteiger partial charge in [-0.1, -0.05) is 138 Å². The van der Waals surface area contributed by atoms with Crippen molar-refractivity contribution in [3.8, 4) is 0 Å². The smallest absolute Gasteiger partial charge is 0.462 e. The van der Waals surface area contributed by atoms with Gasteiger partial charge in [0.05, 0.1) is 6.61 Å². The highest BCUT2D eigenvalue weighted by Gasteiger charge is 2.51. The van der Waals surface area contributed by atoms with Crippen LogP contribution in [-0.2, 0) is 37.5 Å². The van der Waals surface area contributed by atoms with E-state index in [9.17, 15) is 49.4 Å². The molecule has 1 saturated carbocycles. The van der Waals surface area contributed by atoms with Crippen LogP contribution in [0, 0.1) is 0 Å². The lowest BCUT2D eigenvalue weighted by molar-refractivity contribution is -0.220. The standard InChI is InChI=1S/C49H79O14P/c1-3-5-7-9-11-12-13-14-15-16-17-18-19-20-21-22-24-28-33-37-43(52)62-41(39-61-64(58,59)63-49-47(56)45(54)44(53)46(55)48(49)57)38-60-42(51)36-32-29-25-27-31-35-40(50)34-30-26-23-10-8-6-4-2/h11-12,14-15,17-18,20-21,23-24,26,28,30,34,41,44-49,53-57H,3-10,13,16,19,22,25,27,29,31-33,35-39H2,1-2H3,(H,58,59)/b12-11-,15-14-,18-17-,21-20-,26-23-,28-24-,34-30+/t41-,44?,45-,46+,47-,48-,49?/m1/s1. The van der Waals surface area contributed by atoms with Gasteiger partial charge in [-0.2, -0.15) is 0 Å². The van der Waals surface area contributed by atoms with Crippen LogP contribution in [0.25, 0.3) is 0 Å². The quantitative estimate of drug-likeness (QED) is 0.00859. The van der Waals surface area contributed by atoms with Gasteiger partial charge in [-0.25, -0.2) is 4.57 Å². The number of aliphatic hydroxyl groups is 5. The molecular weight excluding hydrogens is 843 g/mol. The Kier molecular flexibility index (Phi) is 34.7. The van der Waals surface area contributed by atoms with Gasteiger partial charge >= 0.3 is 19.8 Å². The van der Waals surface area contributed by atoms with Crippen LogP contribution in [0.4, 0.5) is 0 Å². The predicted octanol–water partition coefficient (Wildman–Crippen LogP) is 8.46. The Morgan fingerprint density at radius 1 is 0.531 bits per heavy atom. The molecule has 0 spiro atoms. The molecule has 0 heterocycles. The van der Waals surface area contributed by atoms with Crippen molar-refractivity contribution < 1.29 is 67.9 Å². The Bertz CT molecular complexity index is 1500. The van der Waals surface area contributed by atoms with Crippen molar-refractivity contribution in [2.45, 2.75) is 191 Å². The summed E-state index contributed by atoms with van der Waals surface area (Å²) in [4.78, 5) is 47.7. The second-order valence-electron chi connectivity index (χ2n) is 15.9. The highest BCUT2D eigenvalue weighted by atomic mass is 31.2. The zero-order chi connectivity index (χ0) is 47.3. The summed E-state index contributed by atoms with van der Waals surface area (Å²) in [5.41, 5.74) is 0. The molecule has 8 atom stereocenters. The lowest BCUT2D eigenvalue weighted by Crippen LogP contribution is -2.64. The van der Waals surface area contributed by atoms with Gasteiger partial charge in [0.15, 0.2) is 11.9 Å². The van der Waals surface area contributed by atoms with E-state index in [1.54, 1.807) is 12.2 Å². The van der Waals surface area contributed by atoms with Crippen molar-refractivity contribution in [2.75, 3.05) is 13.2 Å². The number of ether oxygens (including phenoxy) is 2. The number of phosphoric acid groups is 1. The first-order chi connectivity index (χ1) is 30.8. The second-order valence-corrected chi connectivity index (χ2v) is 17.3. The van der Waals surface area contributed by atoms with Crippen molar-refractivity contribution in [1.82, 2.24) is 0 Å². The summed E-state index contributed by atoms with van der Waals surface area (Å²) in [6.45, 7) is 3.04. The highest BCUT2D eigenvalue weighted by molar-refractivity contribution is 7.47. The Hall–Kier alpha value is -3.30. The van der Waals surface area contributed by atoms with Crippen molar-refractivity contribution in [3.63, 3.8) is 0 Å². The van der Waals surface area contributed by atoms with E-state index >= 15 is 0 Å². The summed E-state index contributed by atoms with van der Waals surface area (Å²) in [6, 6.07) is 0. The number of rotatable bonds is 37. The van der Waals surface area contributed by atoms with E-state index in [4.69, 9.17) is 18.5 Å². The van der Waals surface area contributed by atoms with E-state index in [1.165, 1.54) is 32.1 Å². The summed E-state index contributed by atoms with van der Waals surface area (Å²) in [5, 5.41) is 50.1. The number of aliphatic hydroxyl groups excluding tert-OH is 5. The number of ketones is 1. The average molecular weight is 923 g/mol. The van der Waals surface area contributed by atoms with Gasteiger partial charge in [0.25, 0.3) is 0 Å². The maximum absolute atomic E-state index is 12.8. The molecule has 0 aromatic rings. The Balaban J connectivity index is 2.56. The monoisotopic (exact) mass is 923 g/mol. The SMILES string of the molecule is CCCCC/C=C\C=C\C(=O)CCCCCCCC(=O)OC[C@H](COP(=O)(O)OC1[C@H](O)[C@H](O)C(O)[C@H](O)[C@H]1O)OC(=O)CC/C=C\C/C=C\C/C=C\C/C=C\C/C=C\CCCCC. The third-order valence-electron chi connectivity index (χ3n) is 10.2. The van der Waals surface area contributed by atoms with Crippen LogP contribution in [0.15, 0.2) is 85.1 Å². The lowest BCUT2D eigenvalue weighted by Gasteiger charge is -2.41. The first kappa shape index (κ1) is 58.7. The predicted molar refractivity (Wildman–Crippen MR) is 249 cm³/mol. The fourth-order valence-corrected chi connectivity index (χ4v) is 7.34. The molecule has 1 aliphatic rings. The first-order valence-corrected chi connectivity index (χ1v) is 24.8. The molecule has 364 valence electrons. The van der Waals surface area contributed by atoms with Crippen molar-refractivity contribution in [3.05, 3.63) is 85.1 Å². The van der Waals surface area contributed by atoms with E-state index in [0.717, 1.165) is 64.2 Å². The van der Waals surface area contributed by atoms with Gasteiger partial charge in [0.2, 0.25) is 0 Å². The van der Waals surface area contributed by atoms with Gasteiger partial charge in [0.1, 0.15) is 43.2 Å². The normalized spacial score (nSPS) is 22.2. The number of unbranched alkanes of at least 4 members (excludes halogenated alkanes) is 10. The van der Waals surface area contributed by atoms with Crippen LogP contribution >= 0.6 is 7.82 Å². The van der Waals surface area contributed by atoms with Gasteiger partial charge in [-0.3, -0.25) is 23.4 Å². The number of hydrogen-bond donors (Lipinski definition) is 6. The number of carbonyl (C=O) groups excluding carboxylic acids is 3. The number of allylic oxidation sites excluding steroid dienone is 14. The molecule has 0 aromatic heterocycles. The highest BCUT2D eigenvalue weighted by Crippen LogP contribution is 2.47. The number of hydrogen-bond acceptors (Lipinski definition) is 13. The molecular formula is C49H79O14P. The van der Waals surface area contributed by atoms with Gasteiger partial charge < -0.3 is 39.9 Å². The minimum Gasteiger partial charge on any atom is -0.462 e. The second kappa shape index (κ2) is 37.9. The van der Waals surface area contributed by atoms with E-state index in [0.29, 0.717) is 25.7 Å². The Morgan fingerprint density at radius 2 is 1.02 bits per heavy atom. The molecule has 1 aliphatic carbocycles. The molecule has 15 heteroatoms. The van der Waals surface area contributed by atoms with E-state index in [2.05, 4.69) is 62.5 Å². The zero-order valence-corrected chi connectivity index (χ0v) is 39.2. The lowest BCUT2D eigenvalue weighted by atomic mass is 9.85. The van der Waals surface area contributed by atoms with E-state index < -0.39 is 75.7 Å². The summed E-state index contributed by atoms with van der Waals surface area (Å²) in [7, 11) is -5.17. The van der Waals surface area contributed by atoms with Crippen molar-refractivity contribution >= 4 is 25.5 Å². The van der Waals surface area contributed by atoms with Gasteiger partial charge in [0, 0.05) is 19.3 Å². The molecule has 1 fully saturated rings. The first-order valence-electron chi connectivity index (χ1n) is 23.3. The number of phosphoric ester groups is 1. The van der Waals surface area contributed by atoms with Crippen LogP contribution in [0.3, 0.4) is 0 Å². The maximum Gasteiger partial charge on any atom is 0.472 e. The minimum atomic E-state index is -5.17. The minimum absolute atomic E-state index is 0.0561. The van der Waals surface area contributed by atoms with Crippen LogP contribution < -0.4 is 0 Å². The summed E-state index contributed by atoms with van der Waals surface area (Å²) < 4.78 is 33.3. The maximum atomic E-state index is 12.8. The van der Waals surface area contributed by atoms with Gasteiger partial charge in [-0.05, 0) is 76.7 Å². The number of esters is 2. The van der Waals surface area contributed by atoms with Crippen LogP contribution in [0.5, 0.6) is 0 Å². The molecule has 0 aromatic carbocycles. The third-order valence-corrected chi connectivity index (χ3v) is 11.2. The molecule has 0 radical (unpaired) electrons. The largest absolute Gasteiger partial charge is 0.472 e. The fourth-order valence-electron chi connectivity index (χ4n) is 6.37. The Labute approximate surface area is 382 Å². The Morgan fingerprint density at radius 3 is 1.58 bits per heavy atom. The average Bonchev–Trinajstić information content (AvgIpc) is 3.27. The van der Waals surface area contributed by atoms with E-state index in [1.807, 2.05) is 24.3 Å². The molecule has 3 unspecified atom stereocenters. The molecule has 64 heavy (non-hydrogen) atoms. The molecule has 0 amide bonds. The molecule has 0 aliphatic heterocycles. The van der Waals surface area contributed by atoms with E-state index in [-0.39, 0.29) is 18.6 Å². The van der Waals surface area contributed by atoms with Crippen LogP contribution in [-0.4, -0.2) is 104 Å². The van der Waals surface area contributed by atoms with Crippen LogP contribution in [0.1, 0.15) is 149 Å². The zero-order valence-electron chi connectivity index (χ0n) is 38.3. The fraction of sp³-hybridized carbons (Fsp3) is 0.653. The molecule has 0 saturated heterocycles. The summed E-state index contributed by atoms with van der Waals surface area (Å²) >= 11 is 0. The molecule has 0 bridgehead atoms. The van der Waals surface area contributed by atoms with Crippen LogP contribution in [0.2, 0.25) is 0 Å². The van der Waals surface area contributed by atoms with Crippen molar-refractivity contribution in [1.29, 1.82) is 0 Å². The topological polar surface area (TPSA) is 227 Å².